The number of H-pyrrole nitrogens is 2. The minimum atomic E-state index is -3.72. The third-order valence-corrected chi connectivity index (χ3v) is 16.0. The van der Waals surface area contributed by atoms with Crippen molar-refractivity contribution in [3.05, 3.63) is 221 Å². The molecule has 6 heteroatoms. The van der Waals surface area contributed by atoms with Crippen LogP contribution in [0.15, 0.2) is 187 Å². The Bertz CT molecular complexity index is 3370. The highest BCUT2D eigenvalue weighted by atomic mass is 31.2. The van der Waals surface area contributed by atoms with Crippen molar-refractivity contribution >= 4 is 69.2 Å². The predicted octanol–water partition coefficient (Wildman–Crippen LogP) is 14.4. The molecule has 3 aromatic heterocycles. The van der Waals surface area contributed by atoms with E-state index in [1.807, 2.05) is 66.9 Å². The van der Waals surface area contributed by atoms with Crippen LogP contribution in [0.2, 0.25) is 0 Å². The molecule has 0 saturated heterocycles. The standard InChI is InChI=1S/C60H47N4OP/c1-38-15-23-42(24-16-38)55-48-37-61-59(60(48)66(65,46-11-7-5-8-12-46)47-13-9-6-10-14-47)58(45-29-21-41(4)22-30-45)54-36-35-53(64-54)57(44-27-19-40(3)20-28-44)52-34-33-51(63-52)56(50-32-31-49(55)62-50)43-25-17-39(2)18-26-43/h5-37,62,64H,1-4H3. The van der Waals surface area contributed by atoms with Crippen molar-refractivity contribution in [1.29, 1.82) is 0 Å². The first-order valence-corrected chi connectivity index (χ1v) is 24.1. The summed E-state index contributed by atoms with van der Waals surface area (Å²) in [5.41, 5.74) is 19.1. The third-order valence-electron chi connectivity index (χ3n) is 12.8. The first-order chi connectivity index (χ1) is 32.2. The average molecular weight is 871 g/mol. The first-order valence-electron chi connectivity index (χ1n) is 22.4. The van der Waals surface area contributed by atoms with Gasteiger partial charge in [0.1, 0.15) is 0 Å². The maximum atomic E-state index is 17.2. The van der Waals surface area contributed by atoms with Gasteiger partial charge in [-0.1, -0.05) is 180 Å². The Balaban J connectivity index is 1.42. The van der Waals surface area contributed by atoms with Gasteiger partial charge in [-0.05, 0) is 86.4 Å². The zero-order chi connectivity index (χ0) is 44.9. The fourth-order valence-electron chi connectivity index (χ4n) is 9.40. The van der Waals surface area contributed by atoms with Gasteiger partial charge in [-0.15, -0.1) is 0 Å². The maximum absolute atomic E-state index is 17.2. The topological polar surface area (TPSA) is 73.9 Å². The van der Waals surface area contributed by atoms with Gasteiger partial charge in [-0.25, -0.2) is 4.98 Å². The summed E-state index contributed by atoms with van der Waals surface area (Å²) in [5, 5.41) is 2.14. The summed E-state index contributed by atoms with van der Waals surface area (Å²) in [6.45, 7) is 8.42. The number of aromatic nitrogens is 3. The lowest BCUT2D eigenvalue weighted by atomic mass is 9.99. The number of nitrogens with one attached hydrogen (secondary N) is 2. The molecule has 0 spiro atoms. The van der Waals surface area contributed by atoms with Gasteiger partial charge in [-0.3, -0.25) is 4.99 Å². The van der Waals surface area contributed by atoms with E-state index in [4.69, 9.17) is 9.98 Å². The maximum Gasteiger partial charge on any atom is 0.173 e. The summed E-state index contributed by atoms with van der Waals surface area (Å²) in [7, 11) is -3.72. The van der Waals surface area contributed by atoms with Crippen LogP contribution in [-0.4, -0.2) is 21.2 Å². The molecular weight excluding hydrogens is 824 g/mol. The molecule has 5 heterocycles. The van der Waals surface area contributed by atoms with E-state index in [9.17, 15) is 0 Å². The fourth-order valence-corrected chi connectivity index (χ4v) is 12.4. The van der Waals surface area contributed by atoms with Crippen LogP contribution in [0.1, 0.15) is 39.2 Å². The summed E-state index contributed by atoms with van der Waals surface area (Å²) in [6.07, 6.45) is 6.22. The van der Waals surface area contributed by atoms with E-state index >= 15 is 4.57 Å². The molecule has 318 valence electrons. The lowest BCUT2D eigenvalue weighted by Crippen LogP contribution is -2.26. The second kappa shape index (κ2) is 16.6. The summed E-state index contributed by atoms with van der Waals surface area (Å²) >= 11 is 0. The van der Waals surface area contributed by atoms with E-state index in [-0.39, 0.29) is 0 Å². The minimum Gasteiger partial charge on any atom is -0.354 e. The monoisotopic (exact) mass is 870 g/mol. The van der Waals surface area contributed by atoms with E-state index in [1.54, 1.807) is 0 Å². The van der Waals surface area contributed by atoms with Crippen molar-refractivity contribution in [3.8, 4) is 44.5 Å². The first kappa shape index (κ1) is 40.9. The van der Waals surface area contributed by atoms with Crippen LogP contribution in [-0.2, 0) is 4.57 Å². The number of rotatable bonds is 7. The Hall–Kier alpha value is -7.85. The molecule has 2 aliphatic rings. The van der Waals surface area contributed by atoms with Crippen LogP contribution in [0.5, 0.6) is 0 Å². The third kappa shape index (κ3) is 7.19. The number of nitrogens with zero attached hydrogens (tertiary/aromatic N) is 2. The van der Waals surface area contributed by atoms with Crippen LogP contribution in [0.3, 0.4) is 0 Å². The lowest BCUT2D eigenvalue weighted by Gasteiger charge is -2.22. The molecule has 2 N–H and O–H groups in total. The minimum absolute atomic E-state index is 0.652. The van der Waals surface area contributed by atoms with Crippen LogP contribution in [0.25, 0.3) is 78.7 Å². The Morgan fingerprint density at radius 3 is 1.15 bits per heavy atom. The molecule has 9 aromatic rings. The molecule has 8 bridgehead atoms. The summed E-state index contributed by atoms with van der Waals surface area (Å²) in [4.78, 5) is 18.8. The largest absolute Gasteiger partial charge is 0.354 e. The van der Waals surface area contributed by atoms with Crippen molar-refractivity contribution in [2.45, 2.75) is 27.7 Å². The van der Waals surface area contributed by atoms with Gasteiger partial charge in [0.05, 0.1) is 22.4 Å². The van der Waals surface area contributed by atoms with Crippen molar-refractivity contribution in [1.82, 2.24) is 15.0 Å². The summed E-state index contributed by atoms with van der Waals surface area (Å²) in [6, 6.07) is 63.0. The smallest absolute Gasteiger partial charge is 0.173 e. The number of aromatic amines is 2. The van der Waals surface area contributed by atoms with Crippen molar-refractivity contribution in [2.24, 2.45) is 4.99 Å². The highest BCUT2D eigenvalue weighted by molar-refractivity contribution is 7.85. The van der Waals surface area contributed by atoms with Crippen LogP contribution in [0.4, 0.5) is 5.69 Å². The molecule has 0 atom stereocenters. The number of aryl methyl sites for hydroxylation is 4. The Kier molecular flexibility index (Phi) is 10.3. The molecule has 11 rings (SSSR count). The number of aliphatic imine (C=N–C) groups is 1. The molecule has 0 saturated carbocycles. The van der Waals surface area contributed by atoms with Crippen LogP contribution in [0, 0.1) is 27.7 Å². The van der Waals surface area contributed by atoms with Crippen LogP contribution >= 0.6 is 7.14 Å². The highest BCUT2D eigenvalue weighted by Crippen LogP contribution is 2.51. The molecular formula is C60H47N4OP. The van der Waals surface area contributed by atoms with E-state index in [0.717, 1.165) is 105 Å². The van der Waals surface area contributed by atoms with Gasteiger partial charge in [0.2, 0.25) is 0 Å². The quantitative estimate of drug-likeness (QED) is 0.157. The van der Waals surface area contributed by atoms with Gasteiger partial charge in [0, 0.05) is 66.7 Å². The number of hydrogen-bond donors (Lipinski definition) is 2. The average Bonchev–Trinajstić information content (AvgIpc) is 4.20. The molecule has 0 unspecified atom stereocenters. The number of benzene rings is 6. The molecule has 0 aliphatic carbocycles. The van der Waals surface area contributed by atoms with Gasteiger partial charge >= 0.3 is 0 Å². The van der Waals surface area contributed by atoms with E-state index in [2.05, 4.69) is 171 Å². The molecule has 0 fully saturated rings. The molecule has 2 aliphatic heterocycles. The van der Waals surface area contributed by atoms with E-state index in [0.29, 0.717) is 11.0 Å². The van der Waals surface area contributed by atoms with Crippen LogP contribution < -0.4 is 15.9 Å². The lowest BCUT2D eigenvalue weighted by molar-refractivity contribution is 0.592. The highest BCUT2D eigenvalue weighted by Gasteiger charge is 2.38. The Labute approximate surface area is 385 Å². The van der Waals surface area contributed by atoms with Crippen molar-refractivity contribution in [2.75, 3.05) is 0 Å². The van der Waals surface area contributed by atoms with E-state index in [1.165, 1.54) is 11.1 Å². The van der Waals surface area contributed by atoms with E-state index < -0.39 is 7.14 Å². The summed E-state index contributed by atoms with van der Waals surface area (Å²) < 4.78 is 17.2. The van der Waals surface area contributed by atoms with Gasteiger partial charge in [-0.2, -0.15) is 0 Å². The molecule has 5 nitrogen and oxygen atoms in total. The number of fused-ring (bicyclic) bond motifs is 8. The van der Waals surface area contributed by atoms with Crippen molar-refractivity contribution in [3.63, 3.8) is 0 Å². The SMILES string of the molecule is Cc1ccc(-c2c3nc(c(-c4ccc(C)cc4)c4ccc([nH]4)c(-c4ccc(C)cc4)c4c(P(=O)(c5ccccc5)c5ccccc5)c(c(-c5ccc(C)cc5)c5ccc2[nH]5)C=N4)C=C3)cc1. The van der Waals surface area contributed by atoms with Gasteiger partial charge < -0.3 is 14.5 Å². The van der Waals surface area contributed by atoms with Crippen molar-refractivity contribution < 1.29 is 4.57 Å². The molecule has 0 radical (unpaired) electrons. The van der Waals surface area contributed by atoms with Gasteiger partial charge in [0.15, 0.2) is 7.14 Å². The Morgan fingerprint density at radius 2 is 0.742 bits per heavy atom. The molecule has 66 heavy (non-hydrogen) atoms. The second-order valence-electron chi connectivity index (χ2n) is 17.4. The predicted molar refractivity (Wildman–Crippen MR) is 279 cm³/mol. The normalized spacial score (nSPS) is 12.2. The second-order valence-corrected chi connectivity index (χ2v) is 20.1. The Morgan fingerprint density at radius 1 is 0.394 bits per heavy atom. The molecule has 6 aromatic carbocycles. The zero-order valence-electron chi connectivity index (χ0n) is 37.3. The fraction of sp³-hybridized carbons (Fsp3) is 0.0667. The zero-order valence-corrected chi connectivity index (χ0v) is 38.2. The molecule has 0 amide bonds. The van der Waals surface area contributed by atoms with Gasteiger partial charge in [0.25, 0.3) is 0 Å². The summed E-state index contributed by atoms with van der Waals surface area (Å²) in [5.74, 6) is 0. The number of hydrogen-bond acceptors (Lipinski definition) is 3.